The Bertz CT molecular complexity index is 205. The van der Waals surface area contributed by atoms with Gasteiger partial charge in [-0.3, -0.25) is 0 Å². The van der Waals surface area contributed by atoms with Crippen molar-refractivity contribution in [1.82, 2.24) is 0 Å². The van der Waals surface area contributed by atoms with Crippen LogP contribution in [0, 0.1) is 35.4 Å². The van der Waals surface area contributed by atoms with E-state index in [1.54, 1.807) is 0 Å². The second-order valence-electron chi connectivity index (χ2n) is 1.69. The third-order valence-corrected chi connectivity index (χ3v) is 8.32. The topological polar surface area (TPSA) is 95.2 Å². The van der Waals surface area contributed by atoms with E-state index in [4.69, 9.17) is 21.0 Å². The van der Waals surface area contributed by atoms with E-state index >= 15 is 0 Å². The standard InChI is InChI=1S/4CN.Hg/c4*1-2;/q;;;;-2. The first kappa shape index (κ1) is 7.90. The summed E-state index contributed by atoms with van der Waals surface area (Å²) >= 11 is -4.42. The summed E-state index contributed by atoms with van der Waals surface area (Å²) in [5.41, 5.74) is 0. The van der Waals surface area contributed by atoms with Crippen molar-refractivity contribution in [1.29, 1.82) is 21.0 Å². The van der Waals surface area contributed by atoms with Gasteiger partial charge in [0, 0.05) is 0 Å². The summed E-state index contributed by atoms with van der Waals surface area (Å²) in [7, 11) is 0. The molecule has 0 aromatic heterocycles. The fourth-order valence-electron chi connectivity index (χ4n) is 0.212. The van der Waals surface area contributed by atoms with Gasteiger partial charge < -0.3 is 0 Å². The van der Waals surface area contributed by atoms with Gasteiger partial charge in [-0.05, 0) is 0 Å². The van der Waals surface area contributed by atoms with Gasteiger partial charge in [-0.1, -0.05) is 0 Å². The zero-order valence-electron chi connectivity index (χ0n) is 4.50. The van der Waals surface area contributed by atoms with Gasteiger partial charge in [0.2, 0.25) is 0 Å². The van der Waals surface area contributed by atoms with Gasteiger partial charge in [0.05, 0.1) is 0 Å². The molecule has 5 heteroatoms. The zero-order valence-corrected chi connectivity index (χ0v) is 9.99. The summed E-state index contributed by atoms with van der Waals surface area (Å²) in [6.45, 7) is 0. The molecule has 0 radical (unpaired) electrons. The first-order valence-corrected chi connectivity index (χ1v) is 13.3. The van der Waals surface area contributed by atoms with Crippen molar-refractivity contribution in [3.63, 3.8) is 0 Å². The number of hydrogen-bond acceptors (Lipinski definition) is 4. The number of nitrogens with zero attached hydrogens (tertiary/aromatic N) is 4. The Balaban J connectivity index is 4.84. The van der Waals surface area contributed by atoms with Crippen LogP contribution in [0.5, 0.6) is 0 Å². The average molecular weight is 305 g/mol. The van der Waals surface area contributed by atoms with Crippen LogP contribution in [-0.4, -0.2) is 0 Å². The first-order valence-electron chi connectivity index (χ1n) is 2.31. The molecule has 0 heterocycles. The molecular weight excluding hydrogens is 305 g/mol. The SMILES string of the molecule is N#[C][Hg-2]([C]#N)([C]#N)[C]#N. The monoisotopic (exact) mass is 306 g/mol. The van der Waals surface area contributed by atoms with Crippen LogP contribution < -0.4 is 0 Å². The van der Waals surface area contributed by atoms with Gasteiger partial charge in [-0.2, -0.15) is 0 Å². The van der Waals surface area contributed by atoms with E-state index in [9.17, 15) is 0 Å². The summed E-state index contributed by atoms with van der Waals surface area (Å²) in [4.78, 5) is 0. The van der Waals surface area contributed by atoms with Crippen molar-refractivity contribution >= 4 is 0 Å². The quantitative estimate of drug-likeness (QED) is 0.591. The third-order valence-electron chi connectivity index (χ3n) is 0.949. The molecule has 0 aromatic rings. The number of hydrogen-bond donors (Lipinski definition) is 0. The van der Waals surface area contributed by atoms with E-state index < -0.39 is 21.5 Å². The van der Waals surface area contributed by atoms with Gasteiger partial charge >= 0.3 is 56.8 Å². The van der Waals surface area contributed by atoms with Crippen molar-refractivity contribution < 1.29 is 21.5 Å². The molecule has 0 unspecified atom stereocenters. The fraction of sp³-hybridized carbons (Fsp3) is 0. The molecule has 0 spiro atoms. The van der Waals surface area contributed by atoms with Crippen LogP contribution in [0.15, 0.2) is 0 Å². The average Bonchev–Trinajstić information content (AvgIpc) is 1.95. The molecule has 0 bridgehead atoms. The molecule has 0 aliphatic rings. The second-order valence-corrected chi connectivity index (χ2v) is 14.9. The molecule has 0 amide bonds. The van der Waals surface area contributed by atoms with Gasteiger partial charge in [0.25, 0.3) is 0 Å². The Morgan fingerprint density at radius 2 is 0.889 bits per heavy atom. The van der Waals surface area contributed by atoms with Gasteiger partial charge in [-0.15, -0.1) is 0 Å². The Kier molecular flexibility index (Phi) is 2.66. The Morgan fingerprint density at radius 3 is 0.889 bits per heavy atom. The summed E-state index contributed by atoms with van der Waals surface area (Å²) in [6.07, 6.45) is 0. The Hall–Kier alpha value is -1.10. The van der Waals surface area contributed by atoms with Crippen LogP contribution in [0.1, 0.15) is 0 Å². The number of rotatable bonds is 0. The van der Waals surface area contributed by atoms with E-state index in [1.807, 2.05) is 0 Å². The minimum absolute atomic E-state index is 1.52. The van der Waals surface area contributed by atoms with Crippen molar-refractivity contribution in [2.45, 2.75) is 0 Å². The molecule has 0 aromatic carbocycles. The fourth-order valence-corrected chi connectivity index (χ4v) is 1.86. The van der Waals surface area contributed by atoms with E-state index in [0.29, 0.717) is 0 Å². The van der Waals surface area contributed by atoms with Gasteiger partial charge in [-0.25, -0.2) is 0 Å². The predicted molar refractivity (Wildman–Crippen MR) is 22.5 cm³/mol. The van der Waals surface area contributed by atoms with Gasteiger partial charge in [0.15, 0.2) is 0 Å². The number of nitriles is 4. The molecule has 4 nitrogen and oxygen atoms in total. The van der Waals surface area contributed by atoms with Crippen molar-refractivity contribution in [3.05, 3.63) is 0 Å². The van der Waals surface area contributed by atoms with E-state index in [0.717, 1.165) is 0 Å². The summed E-state index contributed by atoms with van der Waals surface area (Å²) < 4.78 is 6.07. The molecule has 0 aliphatic heterocycles. The molecule has 0 N–H and O–H groups in total. The molecule has 40 valence electrons. The van der Waals surface area contributed by atoms with Crippen LogP contribution in [0.3, 0.4) is 0 Å². The zero-order chi connectivity index (χ0) is 7.33. The van der Waals surface area contributed by atoms with Crippen LogP contribution in [0.4, 0.5) is 0 Å². The molecule has 0 atom stereocenters. The molecule has 0 saturated heterocycles. The molecule has 9 heavy (non-hydrogen) atoms. The maximum atomic E-state index is 8.16. The normalized spacial score (nSPS) is 7.56. The minimum atomic E-state index is -4.42. The van der Waals surface area contributed by atoms with Crippen molar-refractivity contribution in [3.8, 4) is 14.3 Å². The summed E-state index contributed by atoms with van der Waals surface area (Å²) in [6, 6.07) is 0. The van der Waals surface area contributed by atoms with Crippen molar-refractivity contribution in [2.75, 3.05) is 0 Å². The Labute approximate surface area is 56.9 Å². The summed E-state index contributed by atoms with van der Waals surface area (Å²) in [5, 5.41) is 32.7. The van der Waals surface area contributed by atoms with Crippen molar-refractivity contribution in [2.24, 2.45) is 0 Å². The predicted octanol–water partition coefficient (Wildman–Crippen LogP) is 0.0646. The van der Waals surface area contributed by atoms with E-state index in [2.05, 4.69) is 0 Å². The second kappa shape index (κ2) is 3.03. The van der Waals surface area contributed by atoms with Crippen LogP contribution >= 0.6 is 0 Å². The Morgan fingerprint density at radius 1 is 0.667 bits per heavy atom. The van der Waals surface area contributed by atoms with E-state index in [-0.39, 0.29) is 0 Å². The molecule has 0 rings (SSSR count). The van der Waals surface area contributed by atoms with Crippen LogP contribution in [-0.2, 0) is 21.5 Å². The summed E-state index contributed by atoms with van der Waals surface area (Å²) in [5.74, 6) is 0. The third kappa shape index (κ3) is 1.39. The van der Waals surface area contributed by atoms with E-state index in [1.165, 1.54) is 14.3 Å². The van der Waals surface area contributed by atoms with Crippen LogP contribution in [0.2, 0.25) is 0 Å². The molecule has 0 fully saturated rings. The molecular formula is C4HgN4-2. The maximum absolute atomic E-state index is 8.16. The van der Waals surface area contributed by atoms with Gasteiger partial charge in [0.1, 0.15) is 0 Å². The first-order chi connectivity index (χ1) is 4.24. The van der Waals surface area contributed by atoms with Crippen LogP contribution in [0.25, 0.3) is 0 Å². The molecule has 0 aliphatic carbocycles. The molecule has 0 saturated carbocycles.